The van der Waals surface area contributed by atoms with E-state index in [0.29, 0.717) is 18.9 Å². The van der Waals surface area contributed by atoms with Crippen molar-refractivity contribution in [1.29, 1.82) is 0 Å². The number of hydrogen-bond donors (Lipinski definition) is 1. The molecule has 0 amide bonds. The van der Waals surface area contributed by atoms with Gasteiger partial charge in [-0.1, -0.05) is 38.1 Å². The van der Waals surface area contributed by atoms with E-state index in [0.717, 1.165) is 17.7 Å². The van der Waals surface area contributed by atoms with Gasteiger partial charge in [0, 0.05) is 18.7 Å². The maximum atomic E-state index is 12.5. The highest BCUT2D eigenvalue weighted by Gasteiger charge is 2.33. The summed E-state index contributed by atoms with van der Waals surface area (Å²) < 4.78 is 41.3. The monoisotopic (exact) mass is 421 g/mol. The first-order valence-corrected chi connectivity index (χ1v) is 10.1. The molecule has 7 heteroatoms. The number of carboxylic acid groups (broad SMARTS) is 1. The summed E-state index contributed by atoms with van der Waals surface area (Å²) in [6.07, 6.45) is -3.27. The van der Waals surface area contributed by atoms with Gasteiger partial charge in [-0.05, 0) is 60.1 Å². The largest absolute Gasteiger partial charge is 0.573 e. The van der Waals surface area contributed by atoms with Gasteiger partial charge in [0.2, 0.25) is 0 Å². The Morgan fingerprint density at radius 1 is 1.13 bits per heavy atom. The number of alkyl halides is 3. The van der Waals surface area contributed by atoms with Crippen LogP contribution in [0.3, 0.4) is 0 Å². The van der Waals surface area contributed by atoms with Gasteiger partial charge in [-0.15, -0.1) is 13.2 Å². The molecule has 0 saturated carbocycles. The fourth-order valence-corrected chi connectivity index (χ4v) is 4.04. The van der Waals surface area contributed by atoms with Gasteiger partial charge in [0.15, 0.2) is 0 Å². The predicted molar refractivity (Wildman–Crippen MR) is 109 cm³/mol. The first-order valence-electron chi connectivity index (χ1n) is 10.1. The number of aliphatic carboxylic acids is 1. The standard InChI is InChI=1S/C23H26F3NO3/c1-15(2)17-3-7-19(8-4-17)27-12-11-16(14-22(28)29)13-21(27)18-5-9-20(10-6-18)30-23(24,25)26/h3-10,15-16,21H,11-14H2,1-2H3,(H,28,29)/t16-,21+/m1/s1. The summed E-state index contributed by atoms with van der Waals surface area (Å²) in [6, 6.07) is 14.0. The molecule has 2 aromatic rings. The van der Waals surface area contributed by atoms with Crippen LogP contribution >= 0.6 is 0 Å². The van der Waals surface area contributed by atoms with Crippen LogP contribution in [0.2, 0.25) is 0 Å². The summed E-state index contributed by atoms with van der Waals surface area (Å²) in [7, 11) is 0. The minimum Gasteiger partial charge on any atom is -0.481 e. The van der Waals surface area contributed by atoms with Crippen LogP contribution in [0.15, 0.2) is 48.5 Å². The highest BCUT2D eigenvalue weighted by Crippen LogP contribution is 2.39. The molecule has 162 valence electrons. The average molecular weight is 421 g/mol. The minimum absolute atomic E-state index is 0.0183. The molecule has 0 radical (unpaired) electrons. The lowest BCUT2D eigenvalue weighted by molar-refractivity contribution is -0.274. The van der Waals surface area contributed by atoms with E-state index in [4.69, 9.17) is 0 Å². The second-order valence-corrected chi connectivity index (χ2v) is 8.06. The zero-order valence-corrected chi connectivity index (χ0v) is 17.0. The van der Waals surface area contributed by atoms with Crippen molar-refractivity contribution in [1.82, 2.24) is 0 Å². The highest BCUT2D eigenvalue weighted by molar-refractivity contribution is 5.67. The number of anilines is 1. The number of hydrogen-bond acceptors (Lipinski definition) is 3. The molecule has 0 aliphatic carbocycles. The van der Waals surface area contributed by atoms with Crippen LogP contribution in [0.25, 0.3) is 0 Å². The molecule has 1 saturated heterocycles. The Morgan fingerprint density at radius 3 is 2.30 bits per heavy atom. The molecule has 3 rings (SSSR count). The fourth-order valence-electron chi connectivity index (χ4n) is 4.04. The number of ether oxygens (including phenoxy) is 1. The van der Waals surface area contributed by atoms with E-state index >= 15 is 0 Å². The van der Waals surface area contributed by atoms with Crippen LogP contribution in [-0.2, 0) is 4.79 Å². The molecular formula is C23H26F3NO3. The Balaban J connectivity index is 1.86. The molecule has 4 nitrogen and oxygen atoms in total. The lowest BCUT2D eigenvalue weighted by atomic mass is 9.84. The normalized spacial score (nSPS) is 19.7. The number of carbonyl (C=O) groups is 1. The third-order valence-corrected chi connectivity index (χ3v) is 5.56. The Hall–Kier alpha value is -2.70. The van der Waals surface area contributed by atoms with E-state index in [2.05, 4.69) is 47.7 Å². The average Bonchev–Trinajstić information content (AvgIpc) is 2.67. The van der Waals surface area contributed by atoms with E-state index in [9.17, 15) is 23.1 Å². The molecule has 1 N–H and O–H groups in total. The van der Waals surface area contributed by atoms with Gasteiger partial charge in [-0.3, -0.25) is 4.79 Å². The topological polar surface area (TPSA) is 49.8 Å². The number of carboxylic acids is 1. The van der Waals surface area contributed by atoms with Crippen molar-refractivity contribution in [2.75, 3.05) is 11.4 Å². The zero-order chi connectivity index (χ0) is 21.9. The van der Waals surface area contributed by atoms with Gasteiger partial charge < -0.3 is 14.7 Å². The summed E-state index contributed by atoms with van der Waals surface area (Å²) in [5.74, 6) is -0.665. The lowest BCUT2D eigenvalue weighted by Crippen LogP contribution is -2.37. The van der Waals surface area contributed by atoms with Crippen molar-refractivity contribution in [3.05, 3.63) is 59.7 Å². The summed E-state index contributed by atoms with van der Waals surface area (Å²) in [5.41, 5.74) is 3.09. The maximum Gasteiger partial charge on any atom is 0.573 e. The van der Waals surface area contributed by atoms with E-state index < -0.39 is 12.3 Å². The second-order valence-electron chi connectivity index (χ2n) is 8.06. The Kier molecular flexibility index (Phi) is 6.58. The lowest BCUT2D eigenvalue weighted by Gasteiger charge is -2.41. The number of piperidine rings is 1. The molecule has 0 bridgehead atoms. The fraction of sp³-hybridized carbons (Fsp3) is 0.435. The van der Waals surface area contributed by atoms with E-state index in [1.54, 1.807) is 12.1 Å². The summed E-state index contributed by atoms with van der Waals surface area (Å²) in [4.78, 5) is 13.4. The Morgan fingerprint density at radius 2 is 1.77 bits per heavy atom. The van der Waals surface area contributed by atoms with Gasteiger partial charge in [-0.25, -0.2) is 0 Å². The van der Waals surface area contributed by atoms with Gasteiger partial charge >= 0.3 is 12.3 Å². The van der Waals surface area contributed by atoms with Gasteiger partial charge in [0.1, 0.15) is 5.75 Å². The third-order valence-electron chi connectivity index (χ3n) is 5.56. The number of nitrogens with zero attached hydrogens (tertiary/aromatic N) is 1. The van der Waals surface area contributed by atoms with Crippen LogP contribution in [0.1, 0.15) is 56.2 Å². The molecule has 2 aromatic carbocycles. The zero-order valence-electron chi connectivity index (χ0n) is 17.0. The van der Waals surface area contributed by atoms with Crippen molar-refractivity contribution in [3.8, 4) is 5.75 Å². The number of halogens is 3. The van der Waals surface area contributed by atoms with Crippen molar-refractivity contribution >= 4 is 11.7 Å². The first-order chi connectivity index (χ1) is 14.1. The third kappa shape index (κ3) is 5.68. The molecule has 0 unspecified atom stereocenters. The smallest absolute Gasteiger partial charge is 0.481 e. The second kappa shape index (κ2) is 8.98. The molecule has 2 atom stereocenters. The van der Waals surface area contributed by atoms with Crippen LogP contribution in [0, 0.1) is 5.92 Å². The molecule has 30 heavy (non-hydrogen) atoms. The van der Waals surface area contributed by atoms with Crippen molar-refractivity contribution in [2.45, 2.75) is 51.4 Å². The Labute approximate surface area is 174 Å². The molecule has 1 heterocycles. The molecule has 1 aliphatic rings. The quantitative estimate of drug-likeness (QED) is 0.609. The van der Waals surface area contributed by atoms with Gasteiger partial charge in [-0.2, -0.15) is 0 Å². The van der Waals surface area contributed by atoms with Gasteiger partial charge in [0.05, 0.1) is 6.04 Å². The van der Waals surface area contributed by atoms with Crippen LogP contribution < -0.4 is 9.64 Å². The molecular weight excluding hydrogens is 395 g/mol. The minimum atomic E-state index is -4.73. The summed E-state index contributed by atoms with van der Waals surface area (Å²) in [5, 5.41) is 9.20. The predicted octanol–water partition coefficient (Wildman–Crippen LogP) is 6.14. The van der Waals surface area contributed by atoms with E-state index in [1.165, 1.54) is 17.7 Å². The van der Waals surface area contributed by atoms with Crippen LogP contribution in [0.4, 0.5) is 18.9 Å². The van der Waals surface area contributed by atoms with Crippen molar-refractivity contribution < 1.29 is 27.8 Å². The van der Waals surface area contributed by atoms with Crippen LogP contribution in [-0.4, -0.2) is 24.0 Å². The molecule has 1 aliphatic heterocycles. The number of benzene rings is 2. The van der Waals surface area contributed by atoms with Gasteiger partial charge in [0.25, 0.3) is 0 Å². The molecule has 0 aromatic heterocycles. The molecule has 0 spiro atoms. The first kappa shape index (κ1) is 22.0. The van der Waals surface area contributed by atoms with Crippen LogP contribution in [0.5, 0.6) is 5.75 Å². The Bertz CT molecular complexity index is 847. The van der Waals surface area contributed by atoms with E-state index in [1.807, 2.05) is 0 Å². The van der Waals surface area contributed by atoms with Crippen molar-refractivity contribution in [3.63, 3.8) is 0 Å². The highest BCUT2D eigenvalue weighted by atomic mass is 19.4. The summed E-state index contributed by atoms with van der Waals surface area (Å²) >= 11 is 0. The SMILES string of the molecule is CC(C)c1ccc(N2CC[C@@H](CC(=O)O)C[C@H]2c2ccc(OC(F)(F)F)cc2)cc1. The summed E-state index contributed by atoms with van der Waals surface area (Å²) in [6.45, 7) is 4.93. The number of rotatable bonds is 6. The van der Waals surface area contributed by atoms with E-state index in [-0.39, 0.29) is 24.1 Å². The maximum absolute atomic E-state index is 12.5. The van der Waals surface area contributed by atoms with Crippen molar-refractivity contribution in [2.24, 2.45) is 5.92 Å². The molecule has 1 fully saturated rings.